The summed E-state index contributed by atoms with van der Waals surface area (Å²) in [6.07, 6.45) is 1.21. The van der Waals surface area contributed by atoms with Crippen molar-refractivity contribution >= 4 is 17.2 Å². The van der Waals surface area contributed by atoms with Crippen LogP contribution in [-0.4, -0.2) is 18.0 Å². The average Bonchev–Trinajstić information content (AvgIpc) is 2.96. The van der Waals surface area contributed by atoms with E-state index in [9.17, 15) is 9.90 Å². The van der Waals surface area contributed by atoms with Gasteiger partial charge in [-0.2, -0.15) is 0 Å². The largest absolute Gasteiger partial charge is 0.508 e. The third-order valence-corrected chi connectivity index (χ3v) is 6.12. The molecule has 31 heavy (non-hydrogen) atoms. The highest BCUT2D eigenvalue weighted by Crippen LogP contribution is 2.44. The number of nitrogens with one attached hydrogen (secondary N) is 2. The van der Waals surface area contributed by atoms with Crippen LogP contribution in [0.3, 0.4) is 0 Å². The number of carbonyl (C=O) groups is 1. The number of methoxy groups -OCH3 is 1. The third kappa shape index (κ3) is 3.63. The van der Waals surface area contributed by atoms with Gasteiger partial charge < -0.3 is 20.5 Å². The molecule has 1 heterocycles. The van der Waals surface area contributed by atoms with Crippen LogP contribution in [0.15, 0.2) is 84.1 Å². The number of hydrogen-bond acceptors (Lipinski definition) is 5. The highest BCUT2D eigenvalue weighted by Gasteiger charge is 2.36. The lowest BCUT2D eigenvalue weighted by Gasteiger charge is -2.30. The predicted molar refractivity (Wildman–Crippen MR) is 122 cm³/mol. The van der Waals surface area contributed by atoms with Crippen LogP contribution >= 0.6 is 0 Å². The van der Waals surface area contributed by atoms with Crippen molar-refractivity contribution < 1.29 is 14.6 Å². The molecule has 5 heteroatoms. The quantitative estimate of drug-likeness (QED) is 0.539. The van der Waals surface area contributed by atoms with Crippen molar-refractivity contribution in [1.29, 1.82) is 0 Å². The molecule has 1 aliphatic heterocycles. The number of para-hydroxylation sites is 2. The van der Waals surface area contributed by atoms with Crippen molar-refractivity contribution in [2.75, 3.05) is 17.7 Å². The summed E-state index contributed by atoms with van der Waals surface area (Å²) >= 11 is 0. The van der Waals surface area contributed by atoms with Gasteiger partial charge in [0.25, 0.3) is 0 Å². The number of anilines is 2. The Kier molecular flexibility index (Phi) is 4.86. The van der Waals surface area contributed by atoms with E-state index < -0.39 is 0 Å². The highest BCUT2D eigenvalue weighted by molar-refractivity contribution is 6.01. The number of allylic oxidation sites excluding steroid dienone is 1. The number of Topliss-reactive ketones (excluding diaryl/α,β-unsaturated/α-hetero) is 1. The zero-order valence-corrected chi connectivity index (χ0v) is 17.3. The summed E-state index contributed by atoms with van der Waals surface area (Å²) in [4.78, 5) is 13.5. The second kappa shape index (κ2) is 7.84. The molecule has 1 aliphatic carbocycles. The fraction of sp³-hybridized carbons (Fsp3) is 0.192. The van der Waals surface area contributed by atoms with Crippen molar-refractivity contribution in [3.8, 4) is 11.5 Å². The molecule has 0 amide bonds. The van der Waals surface area contributed by atoms with E-state index in [1.54, 1.807) is 19.2 Å². The summed E-state index contributed by atoms with van der Waals surface area (Å²) in [6, 6.07) is 22.8. The molecule has 0 fully saturated rings. The Bertz CT molecular complexity index is 1150. The molecule has 3 N–H and O–H groups in total. The number of benzene rings is 3. The van der Waals surface area contributed by atoms with Gasteiger partial charge in [0.05, 0.1) is 24.5 Å². The van der Waals surface area contributed by atoms with Gasteiger partial charge in [0.15, 0.2) is 5.78 Å². The lowest BCUT2D eigenvalue weighted by molar-refractivity contribution is -0.116. The van der Waals surface area contributed by atoms with Crippen LogP contribution in [0.4, 0.5) is 11.4 Å². The average molecular weight is 412 g/mol. The maximum atomic E-state index is 13.5. The number of aromatic hydroxyl groups is 1. The lowest BCUT2D eigenvalue weighted by Crippen LogP contribution is -2.26. The van der Waals surface area contributed by atoms with Gasteiger partial charge in [-0.05, 0) is 59.9 Å². The molecule has 0 aromatic heterocycles. The minimum absolute atomic E-state index is 0.107. The van der Waals surface area contributed by atoms with Gasteiger partial charge in [0.1, 0.15) is 11.5 Å². The highest BCUT2D eigenvalue weighted by atomic mass is 16.5. The molecule has 2 unspecified atom stereocenters. The van der Waals surface area contributed by atoms with Crippen molar-refractivity contribution in [3.05, 3.63) is 95.2 Å². The first-order valence-electron chi connectivity index (χ1n) is 10.4. The molecule has 156 valence electrons. The number of fused-ring (bicyclic) bond motifs is 1. The van der Waals surface area contributed by atoms with Crippen molar-refractivity contribution in [3.63, 3.8) is 0 Å². The minimum atomic E-state index is -0.281. The van der Waals surface area contributed by atoms with Crippen LogP contribution in [-0.2, 0) is 4.79 Å². The number of phenolic OH excluding ortho intramolecular Hbond substituents is 1. The summed E-state index contributed by atoms with van der Waals surface area (Å²) in [7, 11) is 1.65. The first-order valence-corrected chi connectivity index (χ1v) is 10.4. The van der Waals surface area contributed by atoms with E-state index in [0.29, 0.717) is 6.42 Å². The molecule has 0 spiro atoms. The van der Waals surface area contributed by atoms with Crippen molar-refractivity contribution in [2.24, 2.45) is 0 Å². The Hall–Kier alpha value is -3.73. The standard InChI is InChI=1S/C26H24N2O3/c1-31-20-12-8-16(9-13-20)18-14-23-25(24(30)15-18)26(17-6-10-19(29)11-7-17)28-22-5-3-2-4-21(22)27-23/h2-13,18,26-29H,14-15H2,1H3. The summed E-state index contributed by atoms with van der Waals surface area (Å²) in [5, 5.41) is 16.8. The molecule has 3 aromatic rings. The molecule has 5 rings (SSSR count). The lowest BCUT2D eigenvalue weighted by atomic mass is 9.78. The van der Waals surface area contributed by atoms with Gasteiger partial charge in [0.2, 0.25) is 0 Å². The normalized spacial score (nSPS) is 20.1. The Morgan fingerprint density at radius 3 is 2.26 bits per heavy atom. The summed E-state index contributed by atoms with van der Waals surface area (Å²) in [5.41, 5.74) is 5.71. The summed E-state index contributed by atoms with van der Waals surface area (Å²) in [6.45, 7) is 0. The molecule has 3 aromatic carbocycles. The first-order chi connectivity index (χ1) is 15.1. The number of hydrogen-bond donors (Lipinski definition) is 3. The summed E-state index contributed by atoms with van der Waals surface area (Å²) < 4.78 is 5.28. The Balaban J connectivity index is 1.57. The Morgan fingerprint density at radius 1 is 0.871 bits per heavy atom. The predicted octanol–water partition coefficient (Wildman–Crippen LogP) is 5.38. The van der Waals surface area contributed by atoms with E-state index in [4.69, 9.17) is 4.74 Å². The van der Waals surface area contributed by atoms with E-state index in [2.05, 4.69) is 10.6 Å². The number of ether oxygens (including phenoxy) is 1. The smallest absolute Gasteiger partial charge is 0.163 e. The maximum absolute atomic E-state index is 13.5. The van der Waals surface area contributed by atoms with E-state index in [-0.39, 0.29) is 23.5 Å². The SMILES string of the molecule is COc1ccc(C2CC(=O)C3=C(C2)Nc2ccccc2NC3c2ccc(O)cc2)cc1. The minimum Gasteiger partial charge on any atom is -0.508 e. The molecule has 0 saturated carbocycles. The Labute approximate surface area is 181 Å². The fourth-order valence-electron chi connectivity index (χ4n) is 4.52. The molecule has 2 atom stereocenters. The van der Waals surface area contributed by atoms with E-state index >= 15 is 0 Å². The molecule has 2 aliphatic rings. The van der Waals surface area contributed by atoms with Gasteiger partial charge in [-0.3, -0.25) is 4.79 Å². The second-order valence-electron chi connectivity index (χ2n) is 8.03. The van der Waals surface area contributed by atoms with Crippen LogP contribution in [0.1, 0.15) is 35.9 Å². The van der Waals surface area contributed by atoms with Gasteiger partial charge in [-0.25, -0.2) is 0 Å². The first kappa shape index (κ1) is 19.2. The Morgan fingerprint density at radius 2 is 1.55 bits per heavy atom. The van der Waals surface area contributed by atoms with Crippen molar-refractivity contribution in [1.82, 2.24) is 0 Å². The van der Waals surface area contributed by atoms with Gasteiger partial charge in [0, 0.05) is 17.7 Å². The third-order valence-electron chi connectivity index (χ3n) is 6.12. The zero-order chi connectivity index (χ0) is 21.4. The number of ketones is 1. The van der Waals surface area contributed by atoms with Gasteiger partial charge in [-0.1, -0.05) is 36.4 Å². The van der Waals surface area contributed by atoms with Gasteiger partial charge >= 0.3 is 0 Å². The summed E-state index contributed by atoms with van der Waals surface area (Å²) in [5.74, 6) is 1.26. The number of rotatable bonds is 3. The monoisotopic (exact) mass is 412 g/mol. The fourth-order valence-corrected chi connectivity index (χ4v) is 4.52. The van der Waals surface area contributed by atoms with Crippen LogP contribution in [0, 0.1) is 0 Å². The number of carbonyl (C=O) groups excluding carboxylic acids is 1. The van der Waals surface area contributed by atoms with E-state index in [0.717, 1.165) is 45.9 Å². The zero-order valence-electron chi connectivity index (χ0n) is 17.3. The van der Waals surface area contributed by atoms with Crippen LogP contribution in [0.5, 0.6) is 11.5 Å². The molecular weight excluding hydrogens is 388 g/mol. The molecule has 0 saturated heterocycles. The van der Waals surface area contributed by atoms with Crippen molar-refractivity contribution in [2.45, 2.75) is 24.8 Å². The molecule has 0 radical (unpaired) electrons. The van der Waals surface area contributed by atoms with Crippen LogP contribution in [0.25, 0.3) is 0 Å². The molecule has 0 bridgehead atoms. The van der Waals surface area contributed by atoms with Gasteiger partial charge in [-0.15, -0.1) is 0 Å². The molecule has 5 nitrogen and oxygen atoms in total. The van der Waals surface area contributed by atoms with Crippen LogP contribution in [0.2, 0.25) is 0 Å². The maximum Gasteiger partial charge on any atom is 0.163 e. The van der Waals surface area contributed by atoms with E-state index in [1.165, 1.54) is 0 Å². The second-order valence-corrected chi connectivity index (χ2v) is 8.03. The van der Waals surface area contributed by atoms with E-state index in [1.807, 2.05) is 60.7 Å². The van der Waals surface area contributed by atoms with Crippen LogP contribution < -0.4 is 15.4 Å². The number of phenols is 1. The topological polar surface area (TPSA) is 70.6 Å². The molecular formula is C26H24N2O3.